The van der Waals surface area contributed by atoms with Gasteiger partial charge in [-0.2, -0.15) is 0 Å². The van der Waals surface area contributed by atoms with Crippen LogP contribution in [0, 0.1) is 0 Å². The van der Waals surface area contributed by atoms with Crippen LogP contribution in [0.15, 0.2) is 72.9 Å². The highest BCUT2D eigenvalue weighted by Crippen LogP contribution is 2.14. The van der Waals surface area contributed by atoms with E-state index in [-0.39, 0.29) is 37.5 Å². The van der Waals surface area contributed by atoms with Crippen molar-refractivity contribution < 1.29 is 28.6 Å². The number of ether oxygens (including phenoxy) is 3. The van der Waals surface area contributed by atoms with Gasteiger partial charge in [0.2, 0.25) is 0 Å². The van der Waals surface area contributed by atoms with Crippen LogP contribution in [0.2, 0.25) is 0 Å². The summed E-state index contributed by atoms with van der Waals surface area (Å²) in [5, 5.41) is 0. The van der Waals surface area contributed by atoms with Gasteiger partial charge in [-0.25, -0.2) is 0 Å². The molecule has 0 aliphatic carbocycles. The molecule has 0 aliphatic heterocycles. The number of allylic oxidation sites excluding steroid dienone is 12. The maximum Gasteiger partial charge on any atom is 0.306 e. The van der Waals surface area contributed by atoms with E-state index in [1.165, 1.54) is 148 Å². The normalized spacial score (nSPS) is 12.6. The third kappa shape index (κ3) is 51.8. The van der Waals surface area contributed by atoms with Gasteiger partial charge in [-0.05, 0) is 103 Å². The number of carbonyl (C=O) groups excluding carboxylic acids is 3. The van der Waals surface area contributed by atoms with Gasteiger partial charge >= 0.3 is 17.9 Å². The highest BCUT2D eigenvalue weighted by Gasteiger charge is 2.19. The first-order valence-electron chi connectivity index (χ1n) is 28.0. The summed E-state index contributed by atoms with van der Waals surface area (Å²) < 4.78 is 16.8. The molecule has 66 heavy (non-hydrogen) atoms. The summed E-state index contributed by atoms with van der Waals surface area (Å²) in [6, 6.07) is 0. The van der Waals surface area contributed by atoms with E-state index in [0.29, 0.717) is 19.3 Å². The molecule has 6 heteroatoms. The number of rotatable bonds is 50. The lowest BCUT2D eigenvalue weighted by atomic mass is 10.1. The molecule has 0 heterocycles. The largest absolute Gasteiger partial charge is 0.462 e. The fourth-order valence-corrected chi connectivity index (χ4v) is 7.68. The number of carbonyl (C=O) groups is 3. The van der Waals surface area contributed by atoms with Gasteiger partial charge in [0, 0.05) is 19.3 Å². The van der Waals surface area contributed by atoms with Crippen LogP contribution in [0.4, 0.5) is 0 Å². The van der Waals surface area contributed by atoms with Crippen molar-refractivity contribution in [2.75, 3.05) is 13.2 Å². The lowest BCUT2D eigenvalue weighted by Crippen LogP contribution is -2.30. The second-order valence-electron chi connectivity index (χ2n) is 18.5. The zero-order valence-electron chi connectivity index (χ0n) is 43.4. The van der Waals surface area contributed by atoms with E-state index >= 15 is 0 Å². The molecule has 0 saturated heterocycles. The fourth-order valence-electron chi connectivity index (χ4n) is 7.68. The molecule has 0 radical (unpaired) electrons. The second kappa shape index (κ2) is 54.5. The first-order chi connectivity index (χ1) is 32.5. The molecule has 6 nitrogen and oxygen atoms in total. The Balaban J connectivity index is 4.48. The predicted octanol–water partition coefficient (Wildman–Crippen LogP) is 18.6. The Hall–Kier alpha value is -3.15. The van der Waals surface area contributed by atoms with Crippen molar-refractivity contribution in [1.82, 2.24) is 0 Å². The topological polar surface area (TPSA) is 78.9 Å². The predicted molar refractivity (Wildman–Crippen MR) is 284 cm³/mol. The zero-order chi connectivity index (χ0) is 47.9. The Labute approximate surface area is 408 Å². The molecule has 0 aromatic carbocycles. The third-order valence-electron chi connectivity index (χ3n) is 11.9. The van der Waals surface area contributed by atoms with Crippen molar-refractivity contribution in [3.63, 3.8) is 0 Å². The van der Waals surface area contributed by atoms with Crippen LogP contribution in [0.5, 0.6) is 0 Å². The standard InChI is InChI=1S/C60H104O6/c1-4-7-10-13-16-19-22-25-28-30-33-35-38-41-44-47-50-53-59(62)65-56-57(55-64-58(61)52-49-46-43-40-37-34-31-27-24-21-18-15-12-9-6-3)66-60(63)54-51-48-45-42-39-36-32-29-26-23-20-17-14-11-8-5-2/h18,21,24-25,27-29,32-33,35,41,44,57H,4-17,19-20,22-23,26,30-31,34,36-40,42-43,45-56H2,1-3H3/b21-18-,27-24-,28-25-,32-29-,35-33-,44-41-. The lowest BCUT2D eigenvalue weighted by molar-refractivity contribution is -0.167. The van der Waals surface area contributed by atoms with Gasteiger partial charge in [0.1, 0.15) is 13.2 Å². The Bertz CT molecular complexity index is 1240. The fraction of sp³-hybridized carbons (Fsp3) is 0.750. The van der Waals surface area contributed by atoms with Crippen molar-refractivity contribution in [2.45, 2.75) is 277 Å². The van der Waals surface area contributed by atoms with Gasteiger partial charge < -0.3 is 14.2 Å². The van der Waals surface area contributed by atoms with Crippen molar-refractivity contribution in [3.8, 4) is 0 Å². The van der Waals surface area contributed by atoms with Crippen LogP contribution in [-0.4, -0.2) is 37.2 Å². The SMILES string of the molecule is CCCCC/C=C\C=C/CCCCCCCCC(=O)OCC(COC(=O)CCC/C=C\C/C=C\C/C=C\CCCCCCCC)OC(=O)CCCCCCC/C=C\CCCCCCCCC. The average Bonchev–Trinajstić information content (AvgIpc) is 3.31. The molecular weight excluding hydrogens is 817 g/mol. The molecule has 1 unspecified atom stereocenters. The van der Waals surface area contributed by atoms with Crippen LogP contribution in [0.3, 0.4) is 0 Å². The van der Waals surface area contributed by atoms with Crippen molar-refractivity contribution in [1.29, 1.82) is 0 Å². The Morgan fingerprint density at radius 2 is 0.606 bits per heavy atom. The summed E-state index contributed by atoms with van der Waals surface area (Å²) in [6.07, 6.45) is 68.9. The molecule has 0 aromatic rings. The van der Waals surface area contributed by atoms with E-state index in [9.17, 15) is 14.4 Å². The highest BCUT2D eigenvalue weighted by molar-refractivity contribution is 5.71. The van der Waals surface area contributed by atoms with Gasteiger partial charge in [-0.3, -0.25) is 14.4 Å². The third-order valence-corrected chi connectivity index (χ3v) is 11.9. The van der Waals surface area contributed by atoms with E-state index in [1.807, 2.05) is 0 Å². The molecule has 380 valence electrons. The summed E-state index contributed by atoms with van der Waals surface area (Å²) in [7, 11) is 0. The van der Waals surface area contributed by atoms with Crippen molar-refractivity contribution >= 4 is 17.9 Å². The zero-order valence-corrected chi connectivity index (χ0v) is 43.4. The van der Waals surface area contributed by atoms with Gasteiger partial charge in [0.25, 0.3) is 0 Å². The molecule has 0 aliphatic rings. The van der Waals surface area contributed by atoms with Crippen molar-refractivity contribution in [2.24, 2.45) is 0 Å². The summed E-state index contributed by atoms with van der Waals surface area (Å²) in [6.45, 7) is 6.55. The van der Waals surface area contributed by atoms with Crippen LogP contribution >= 0.6 is 0 Å². The Morgan fingerprint density at radius 3 is 1.05 bits per heavy atom. The maximum atomic E-state index is 12.8. The summed E-state index contributed by atoms with van der Waals surface area (Å²) >= 11 is 0. The smallest absolute Gasteiger partial charge is 0.306 e. The number of hydrogen-bond acceptors (Lipinski definition) is 6. The quantitative estimate of drug-likeness (QED) is 0.0199. The molecule has 0 spiro atoms. The van der Waals surface area contributed by atoms with Crippen molar-refractivity contribution in [3.05, 3.63) is 72.9 Å². The average molecular weight is 921 g/mol. The summed E-state index contributed by atoms with van der Waals surface area (Å²) in [4.78, 5) is 38.1. The van der Waals surface area contributed by atoms with Crippen LogP contribution in [0.1, 0.15) is 271 Å². The van der Waals surface area contributed by atoms with Crippen LogP contribution in [-0.2, 0) is 28.6 Å². The molecule has 0 fully saturated rings. The van der Waals surface area contributed by atoms with Gasteiger partial charge in [0.05, 0.1) is 0 Å². The first kappa shape index (κ1) is 62.8. The van der Waals surface area contributed by atoms with E-state index in [4.69, 9.17) is 14.2 Å². The Kier molecular flexibility index (Phi) is 51.9. The van der Waals surface area contributed by atoms with E-state index in [1.54, 1.807) is 0 Å². The first-order valence-corrected chi connectivity index (χ1v) is 28.0. The second-order valence-corrected chi connectivity index (χ2v) is 18.5. The van der Waals surface area contributed by atoms with E-state index in [0.717, 1.165) is 77.0 Å². The lowest BCUT2D eigenvalue weighted by Gasteiger charge is -2.18. The molecular formula is C60H104O6. The molecule has 0 aromatic heterocycles. The molecule has 1 atom stereocenters. The minimum atomic E-state index is -0.805. The van der Waals surface area contributed by atoms with Gasteiger partial charge in [-0.1, -0.05) is 222 Å². The van der Waals surface area contributed by atoms with E-state index in [2.05, 4.69) is 93.7 Å². The molecule has 0 saturated carbocycles. The Morgan fingerprint density at radius 1 is 0.318 bits per heavy atom. The van der Waals surface area contributed by atoms with Gasteiger partial charge in [-0.15, -0.1) is 0 Å². The molecule has 0 bridgehead atoms. The molecule has 0 N–H and O–H groups in total. The number of esters is 3. The maximum absolute atomic E-state index is 12.8. The highest BCUT2D eigenvalue weighted by atomic mass is 16.6. The molecule has 0 rings (SSSR count). The minimum Gasteiger partial charge on any atom is -0.462 e. The van der Waals surface area contributed by atoms with Gasteiger partial charge in [0.15, 0.2) is 6.10 Å². The van der Waals surface area contributed by atoms with E-state index < -0.39 is 6.10 Å². The van der Waals surface area contributed by atoms with Crippen LogP contribution < -0.4 is 0 Å². The number of hydrogen-bond donors (Lipinski definition) is 0. The summed E-state index contributed by atoms with van der Waals surface area (Å²) in [5.74, 6) is -0.968. The monoisotopic (exact) mass is 921 g/mol. The number of unbranched alkanes of at least 4 members (excludes halogenated alkanes) is 28. The minimum absolute atomic E-state index is 0.100. The molecule has 0 amide bonds. The summed E-state index contributed by atoms with van der Waals surface area (Å²) in [5.41, 5.74) is 0. The van der Waals surface area contributed by atoms with Crippen LogP contribution in [0.25, 0.3) is 0 Å².